The smallest absolute Gasteiger partial charge is 0.295 e. The minimum absolute atomic E-state index is 0.0314. The maximum absolute atomic E-state index is 13.4. The fourth-order valence-electron chi connectivity index (χ4n) is 1.92. The van der Waals surface area contributed by atoms with E-state index < -0.39 is 10.7 Å². The summed E-state index contributed by atoms with van der Waals surface area (Å²) in [4.78, 5) is 10.3. The molecule has 0 saturated heterocycles. The summed E-state index contributed by atoms with van der Waals surface area (Å²) in [7, 11) is 0. The molecule has 2 aromatic rings. The molecule has 0 fully saturated rings. The molecule has 0 aliphatic heterocycles. The Bertz CT molecular complexity index is 657. The number of rotatable bonds is 5. The Balaban J connectivity index is 2.18. The van der Waals surface area contributed by atoms with E-state index in [2.05, 4.69) is 5.32 Å². The highest BCUT2D eigenvalue weighted by molar-refractivity contribution is 5.63. The van der Waals surface area contributed by atoms with E-state index in [1.165, 1.54) is 6.07 Å². The van der Waals surface area contributed by atoms with Crippen molar-refractivity contribution in [1.29, 1.82) is 0 Å². The van der Waals surface area contributed by atoms with Crippen molar-refractivity contribution in [2.24, 2.45) is 0 Å². The third-order valence-electron chi connectivity index (χ3n) is 3.16. The third kappa shape index (κ3) is 3.55. The van der Waals surface area contributed by atoms with E-state index in [0.29, 0.717) is 12.1 Å². The first-order valence-corrected chi connectivity index (χ1v) is 6.38. The van der Waals surface area contributed by atoms with Gasteiger partial charge in [0, 0.05) is 6.54 Å². The molecule has 0 aromatic heterocycles. The Morgan fingerprint density at radius 1 is 1.24 bits per heavy atom. The van der Waals surface area contributed by atoms with Gasteiger partial charge in [-0.05, 0) is 29.7 Å². The van der Waals surface area contributed by atoms with Crippen LogP contribution in [-0.2, 0) is 13.2 Å². The molecule has 6 heteroatoms. The molecule has 0 unspecified atom stereocenters. The van der Waals surface area contributed by atoms with Crippen LogP contribution in [0.2, 0.25) is 0 Å². The van der Waals surface area contributed by atoms with Crippen LogP contribution in [0, 0.1) is 22.9 Å². The molecule has 0 spiro atoms. The number of halogens is 1. The number of aryl methyl sites for hydroxylation is 1. The number of nitrogens with one attached hydrogen (secondary N) is 1. The lowest BCUT2D eigenvalue weighted by Crippen LogP contribution is -2.04. The molecular formula is C15H15FN2O3. The highest BCUT2D eigenvalue weighted by atomic mass is 19.1. The molecule has 0 aliphatic carbocycles. The predicted octanol–water partition coefficient (Wildman–Crippen LogP) is 3.15. The molecule has 0 bridgehead atoms. The van der Waals surface area contributed by atoms with E-state index >= 15 is 0 Å². The lowest BCUT2D eigenvalue weighted by molar-refractivity contribution is -0.384. The summed E-state index contributed by atoms with van der Waals surface area (Å²) >= 11 is 0. The number of anilines is 1. The number of hydrogen-bond acceptors (Lipinski definition) is 4. The van der Waals surface area contributed by atoms with Crippen molar-refractivity contribution in [2.45, 2.75) is 20.1 Å². The van der Waals surface area contributed by atoms with Crippen LogP contribution in [0.4, 0.5) is 15.8 Å². The summed E-state index contributed by atoms with van der Waals surface area (Å²) in [5.41, 5.74) is 2.04. The molecule has 2 rings (SSSR count). The highest BCUT2D eigenvalue weighted by Crippen LogP contribution is 2.27. The van der Waals surface area contributed by atoms with Crippen LogP contribution in [0.25, 0.3) is 0 Å². The second-order valence-corrected chi connectivity index (χ2v) is 4.70. The fourth-order valence-corrected chi connectivity index (χ4v) is 1.92. The summed E-state index contributed by atoms with van der Waals surface area (Å²) in [5.74, 6) is -0.598. The molecule has 0 aliphatic rings. The van der Waals surface area contributed by atoms with Gasteiger partial charge in [-0.15, -0.1) is 0 Å². The van der Waals surface area contributed by atoms with E-state index in [1.807, 2.05) is 12.1 Å². The number of aliphatic hydroxyl groups is 1. The average molecular weight is 290 g/mol. The van der Waals surface area contributed by atoms with Gasteiger partial charge in [-0.25, -0.2) is 4.39 Å². The second-order valence-electron chi connectivity index (χ2n) is 4.70. The van der Waals surface area contributed by atoms with Crippen LogP contribution in [0.15, 0.2) is 36.4 Å². The zero-order valence-corrected chi connectivity index (χ0v) is 11.5. The standard InChI is InChI=1S/C15H15FN2O3/c1-10-6-14(15(18(20)21)7-13(10)16)17-8-11-2-4-12(9-19)5-3-11/h2-7,17,19H,8-9H2,1H3. The van der Waals surface area contributed by atoms with Crippen molar-refractivity contribution in [2.75, 3.05) is 5.32 Å². The highest BCUT2D eigenvalue weighted by Gasteiger charge is 2.16. The molecule has 110 valence electrons. The van der Waals surface area contributed by atoms with E-state index in [4.69, 9.17) is 5.11 Å². The van der Waals surface area contributed by atoms with Crippen LogP contribution in [0.3, 0.4) is 0 Å². The molecule has 2 N–H and O–H groups in total. The summed E-state index contributed by atoms with van der Waals surface area (Å²) in [5, 5.41) is 22.9. The Labute approximate surface area is 121 Å². The number of hydrogen-bond donors (Lipinski definition) is 2. The molecule has 0 amide bonds. The van der Waals surface area contributed by atoms with E-state index in [-0.39, 0.29) is 18.0 Å². The molecule has 5 nitrogen and oxygen atoms in total. The van der Waals surface area contributed by atoms with Crippen LogP contribution in [0.5, 0.6) is 0 Å². The largest absolute Gasteiger partial charge is 0.392 e. The Morgan fingerprint density at radius 2 is 1.86 bits per heavy atom. The lowest BCUT2D eigenvalue weighted by Gasteiger charge is -2.09. The van der Waals surface area contributed by atoms with Crippen molar-refractivity contribution < 1.29 is 14.4 Å². The maximum atomic E-state index is 13.4. The van der Waals surface area contributed by atoms with Gasteiger partial charge in [-0.2, -0.15) is 0 Å². The summed E-state index contributed by atoms with van der Waals surface area (Å²) in [6.45, 7) is 1.90. The molecular weight excluding hydrogens is 275 g/mol. The molecule has 0 saturated carbocycles. The topological polar surface area (TPSA) is 75.4 Å². The summed E-state index contributed by atoms with van der Waals surface area (Å²) in [6, 6.07) is 9.55. The first-order valence-electron chi connectivity index (χ1n) is 6.38. The Hall–Kier alpha value is -2.47. The number of nitrogens with zero attached hydrogens (tertiary/aromatic N) is 1. The van der Waals surface area contributed by atoms with Crippen LogP contribution >= 0.6 is 0 Å². The van der Waals surface area contributed by atoms with Gasteiger partial charge in [0.05, 0.1) is 17.6 Å². The summed E-state index contributed by atoms with van der Waals surface area (Å²) < 4.78 is 13.4. The van der Waals surface area contributed by atoms with Gasteiger partial charge >= 0.3 is 0 Å². The lowest BCUT2D eigenvalue weighted by atomic mass is 10.1. The average Bonchev–Trinajstić information content (AvgIpc) is 2.48. The van der Waals surface area contributed by atoms with Crippen LogP contribution in [0.1, 0.15) is 16.7 Å². The van der Waals surface area contributed by atoms with Gasteiger partial charge in [-0.3, -0.25) is 10.1 Å². The van der Waals surface area contributed by atoms with Gasteiger partial charge in [0.1, 0.15) is 11.5 Å². The van der Waals surface area contributed by atoms with Gasteiger partial charge < -0.3 is 10.4 Å². The summed E-state index contributed by atoms with van der Waals surface area (Å²) in [6.07, 6.45) is 0. The van der Waals surface area contributed by atoms with Crippen molar-refractivity contribution in [3.63, 3.8) is 0 Å². The first-order chi connectivity index (χ1) is 10.0. The van der Waals surface area contributed by atoms with Crippen molar-refractivity contribution in [3.05, 3.63) is 69.0 Å². The zero-order chi connectivity index (χ0) is 15.4. The van der Waals surface area contributed by atoms with E-state index in [1.54, 1.807) is 19.1 Å². The molecule has 2 aromatic carbocycles. The number of benzene rings is 2. The quantitative estimate of drug-likeness (QED) is 0.655. The van der Waals surface area contributed by atoms with Crippen molar-refractivity contribution >= 4 is 11.4 Å². The third-order valence-corrected chi connectivity index (χ3v) is 3.16. The number of nitro benzene ring substituents is 1. The van der Waals surface area contributed by atoms with Crippen molar-refractivity contribution in [1.82, 2.24) is 0 Å². The van der Waals surface area contributed by atoms with Gasteiger partial charge in [-0.1, -0.05) is 24.3 Å². The molecule has 0 atom stereocenters. The van der Waals surface area contributed by atoms with E-state index in [0.717, 1.165) is 17.2 Å². The van der Waals surface area contributed by atoms with Crippen LogP contribution < -0.4 is 5.32 Å². The molecule has 21 heavy (non-hydrogen) atoms. The van der Waals surface area contributed by atoms with E-state index in [9.17, 15) is 14.5 Å². The minimum atomic E-state index is -0.611. The molecule has 0 heterocycles. The van der Waals surface area contributed by atoms with Gasteiger partial charge in [0.2, 0.25) is 0 Å². The normalized spacial score (nSPS) is 10.4. The van der Waals surface area contributed by atoms with Crippen molar-refractivity contribution in [3.8, 4) is 0 Å². The fraction of sp³-hybridized carbons (Fsp3) is 0.200. The molecule has 0 radical (unpaired) electrons. The SMILES string of the molecule is Cc1cc(NCc2ccc(CO)cc2)c([N+](=O)[O-])cc1F. The zero-order valence-electron chi connectivity index (χ0n) is 11.5. The van der Waals surface area contributed by atoms with Crippen LogP contribution in [-0.4, -0.2) is 10.0 Å². The maximum Gasteiger partial charge on any atom is 0.295 e. The Morgan fingerprint density at radius 3 is 2.43 bits per heavy atom. The first kappa shape index (κ1) is 14.9. The number of aliphatic hydroxyl groups excluding tert-OH is 1. The Kier molecular flexibility index (Phi) is 4.49. The monoisotopic (exact) mass is 290 g/mol. The van der Waals surface area contributed by atoms with Gasteiger partial charge in [0.15, 0.2) is 0 Å². The predicted molar refractivity (Wildman–Crippen MR) is 77.5 cm³/mol. The van der Waals surface area contributed by atoms with Gasteiger partial charge in [0.25, 0.3) is 5.69 Å². The minimum Gasteiger partial charge on any atom is -0.392 e. The number of nitro groups is 1. The second kappa shape index (κ2) is 6.32.